The van der Waals surface area contributed by atoms with Gasteiger partial charge in [0.2, 0.25) is 5.75 Å². The highest BCUT2D eigenvalue weighted by Crippen LogP contribution is 2.40. The Bertz CT molecular complexity index is 1850. The van der Waals surface area contributed by atoms with Gasteiger partial charge in [0.25, 0.3) is 0 Å². The first-order valence-electron chi connectivity index (χ1n) is 34.8. The molecule has 0 spiro atoms. The second-order valence-electron chi connectivity index (χ2n) is 24.2. The van der Waals surface area contributed by atoms with Crippen LogP contribution in [0.25, 0.3) is 11.1 Å². The Kier molecular flexibility index (Phi) is 46.6. The van der Waals surface area contributed by atoms with E-state index in [2.05, 4.69) is 25.8 Å². The van der Waals surface area contributed by atoms with Crippen LogP contribution in [-0.4, -0.2) is 37.1 Å². The van der Waals surface area contributed by atoms with Crippen molar-refractivity contribution in [2.45, 2.75) is 336 Å². The summed E-state index contributed by atoms with van der Waals surface area (Å²) < 4.78 is 26.0. The van der Waals surface area contributed by atoms with Crippen LogP contribution in [0.15, 0.2) is 54.9 Å². The SMILES string of the molecule is CCCCCCCCCCCCCCCCCCOc1cc(COC(=O)c2cncc(-c3cccc(C=O)c3)c2)cc(OCCCCCCCCCCCCCCCCCC)c1OCCCCCCCCCCCCCCCCCC. The van der Waals surface area contributed by atoms with E-state index in [0.717, 1.165) is 61.5 Å². The van der Waals surface area contributed by atoms with Gasteiger partial charge in [0, 0.05) is 23.5 Å². The molecule has 0 bridgehead atoms. The van der Waals surface area contributed by atoms with Crippen LogP contribution >= 0.6 is 0 Å². The summed E-state index contributed by atoms with van der Waals surface area (Å²) in [5, 5.41) is 0. The van der Waals surface area contributed by atoms with Crippen LogP contribution in [0.4, 0.5) is 0 Å². The Hall–Kier alpha value is -3.87. The normalized spacial score (nSPS) is 11.3. The van der Waals surface area contributed by atoms with Gasteiger partial charge in [0.15, 0.2) is 11.5 Å². The molecule has 460 valence electrons. The average Bonchev–Trinajstić information content (AvgIpc) is 3.61. The molecule has 3 rings (SSSR count). The third-order valence-corrected chi connectivity index (χ3v) is 16.5. The zero-order chi connectivity index (χ0) is 57.6. The molecule has 0 saturated carbocycles. The number of ether oxygens (including phenoxy) is 4. The molecule has 0 saturated heterocycles. The number of esters is 1. The van der Waals surface area contributed by atoms with E-state index in [4.69, 9.17) is 18.9 Å². The second kappa shape index (κ2) is 52.9. The number of carbonyl (C=O) groups excluding carboxylic acids is 2. The second-order valence-corrected chi connectivity index (χ2v) is 24.2. The lowest BCUT2D eigenvalue weighted by Crippen LogP contribution is -2.09. The summed E-state index contributed by atoms with van der Waals surface area (Å²) in [7, 11) is 0. The highest BCUT2D eigenvalue weighted by Gasteiger charge is 2.18. The maximum absolute atomic E-state index is 13.6. The van der Waals surface area contributed by atoms with Crippen LogP contribution in [0, 0.1) is 0 Å². The third-order valence-electron chi connectivity index (χ3n) is 16.5. The number of pyridine rings is 1. The van der Waals surface area contributed by atoms with Gasteiger partial charge in [-0.05, 0) is 54.7 Å². The molecule has 1 heterocycles. The van der Waals surface area contributed by atoms with Crippen LogP contribution < -0.4 is 14.2 Å². The van der Waals surface area contributed by atoms with E-state index in [-0.39, 0.29) is 6.61 Å². The number of unbranched alkanes of at least 4 members (excludes halogenated alkanes) is 45. The van der Waals surface area contributed by atoms with Gasteiger partial charge in [-0.25, -0.2) is 4.79 Å². The number of rotatable bonds is 59. The van der Waals surface area contributed by atoms with Gasteiger partial charge in [-0.2, -0.15) is 0 Å². The topological polar surface area (TPSA) is 84.0 Å². The summed E-state index contributed by atoms with van der Waals surface area (Å²) in [5.74, 6) is 1.54. The number of nitrogens with zero attached hydrogens (tertiary/aromatic N) is 1. The number of aldehydes is 1. The number of hydrogen-bond donors (Lipinski definition) is 0. The van der Waals surface area contributed by atoms with Crippen molar-refractivity contribution in [2.75, 3.05) is 19.8 Å². The molecule has 0 N–H and O–H groups in total. The van der Waals surface area contributed by atoms with Crippen molar-refractivity contribution in [3.63, 3.8) is 0 Å². The lowest BCUT2D eigenvalue weighted by Gasteiger charge is -2.19. The summed E-state index contributed by atoms with van der Waals surface area (Å²) in [4.78, 5) is 29.5. The molecule has 1 aromatic heterocycles. The van der Waals surface area contributed by atoms with Crippen molar-refractivity contribution in [1.29, 1.82) is 0 Å². The molecular weight excluding hydrogens is 999 g/mol. The molecule has 7 nitrogen and oxygen atoms in total. The molecule has 0 aliphatic carbocycles. The van der Waals surface area contributed by atoms with Crippen molar-refractivity contribution < 1.29 is 28.5 Å². The van der Waals surface area contributed by atoms with E-state index in [0.29, 0.717) is 48.2 Å². The minimum atomic E-state index is -0.467. The van der Waals surface area contributed by atoms with Crippen LogP contribution in [-0.2, 0) is 11.3 Å². The first kappa shape index (κ1) is 71.4. The third kappa shape index (κ3) is 38.6. The van der Waals surface area contributed by atoms with E-state index in [1.54, 1.807) is 24.4 Å². The fourth-order valence-electron chi connectivity index (χ4n) is 11.3. The number of benzene rings is 2. The van der Waals surface area contributed by atoms with Gasteiger partial charge < -0.3 is 18.9 Å². The molecule has 0 amide bonds. The fraction of sp³-hybridized carbons (Fsp3) is 0.743. The minimum Gasteiger partial charge on any atom is -0.490 e. The number of aromatic nitrogens is 1. The predicted octanol–water partition coefficient (Wildman–Crippen LogP) is 23.8. The molecule has 81 heavy (non-hydrogen) atoms. The standard InChI is InChI=1S/C74H123NO6/c1-4-7-10-13-16-19-22-25-28-31-34-37-40-43-46-49-55-78-71-59-67(65-81-74(77)70-61-69(62-75-63-70)68-54-52-53-66(58-68)64-76)60-72(79-56-50-47-44-41-38-35-32-29-26-23-20-17-14-11-8-5-2)73(71)80-57-51-48-45-42-39-36-33-30-27-24-21-18-15-12-9-6-3/h52-54,58-64H,4-51,55-57,65H2,1-3H3. The van der Waals surface area contributed by atoms with Crippen LogP contribution in [0.1, 0.15) is 355 Å². The van der Waals surface area contributed by atoms with Crippen LogP contribution in [0.2, 0.25) is 0 Å². The Morgan fingerprint density at radius 1 is 0.383 bits per heavy atom. The first-order chi connectivity index (χ1) is 40.1. The summed E-state index contributed by atoms with van der Waals surface area (Å²) >= 11 is 0. The zero-order valence-corrected chi connectivity index (χ0v) is 52.9. The molecule has 0 atom stereocenters. The monoisotopic (exact) mass is 1120 g/mol. The van der Waals surface area contributed by atoms with E-state index in [1.807, 2.05) is 24.3 Å². The molecule has 0 radical (unpaired) electrons. The minimum absolute atomic E-state index is 0.0495. The molecule has 7 heteroatoms. The van der Waals surface area contributed by atoms with Gasteiger partial charge in [-0.15, -0.1) is 0 Å². The fourth-order valence-corrected chi connectivity index (χ4v) is 11.3. The molecule has 3 aromatic rings. The highest BCUT2D eigenvalue weighted by atomic mass is 16.5. The average molecular weight is 1120 g/mol. The van der Waals surface area contributed by atoms with E-state index < -0.39 is 5.97 Å². The van der Waals surface area contributed by atoms with Crippen molar-refractivity contribution >= 4 is 12.3 Å². The molecule has 0 aliphatic rings. The van der Waals surface area contributed by atoms with Crippen molar-refractivity contribution in [1.82, 2.24) is 4.98 Å². The Morgan fingerprint density at radius 3 is 1.06 bits per heavy atom. The van der Waals surface area contributed by atoms with Gasteiger partial charge in [0.1, 0.15) is 12.9 Å². The van der Waals surface area contributed by atoms with Crippen molar-refractivity contribution in [3.8, 4) is 28.4 Å². The lowest BCUT2D eigenvalue weighted by molar-refractivity contribution is 0.0471. The van der Waals surface area contributed by atoms with E-state index in [9.17, 15) is 9.59 Å². The Labute approximate surface area is 498 Å². The largest absolute Gasteiger partial charge is 0.490 e. The lowest BCUT2D eigenvalue weighted by atomic mass is 10.0. The molecule has 0 unspecified atom stereocenters. The number of hydrogen-bond acceptors (Lipinski definition) is 7. The van der Waals surface area contributed by atoms with Gasteiger partial charge >= 0.3 is 5.97 Å². The summed E-state index contributed by atoms with van der Waals surface area (Å²) in [6, 6.07) is 13.1. The van der Waals surface area contributed by atoms with Crippen molar-refractivity contribution in [3.05, 3.63) is 71.5 Å². The smallest absolute Gasteiger partial charge is 0.340 e. The summed E-state index contributed by atoms with van der Waals surface area (Å²) in [6.45, 7) is 8.73. The number of carbonyl (C=O) groups is 2. The van der Waals surface area contributed by atoms with Gasteiger partial charge in [-0.1, -0.05) is 328 Å². The van der Waals surface area contributed by atoms with Crippen LogP contribution in [0.3, 0.4) is 0 Å². The summed E-state index contributed by atoms with van der Waals surface area (Å²) in [5.41, 5.74) is 3.27. The van der Waals surface area contributed by atoms with E-state index in [1.165, 1.54) is 276 Å². The van der Waals surface area contributed by atoms with Gasteiger partial charge in [0.05, 0.1) is 25.4 Å². The maximum Gasteiger partial charge on any atom is 0.340 e. The van der Waals surface area contributed by atoms with Crippen LogP contribution in [0.5, 0.6) is 17.2 Å². The summed E-state index contributed by atoms with van der Waals surface area (Å²) in [6.07, 6.45) is 67.9. The molecule has 0 aliphatic heterocycles. The zero-order valence-electron chi connectivity index (χ0n) is 52.9. The highest BCUT2D eigenvalue weighted by molar-refractivity contribution is 5.90. The molecular formula is C74H123NO6. The Morgan fingerprint density at radius 2 is 0.716 bits per heavy atom. The van der Waals surface area contributed by atoms with Crippen molar-refractivity contribution in [2.24, 2.45) is 0 Å². The molecule has 0 fully saturated rings. The van der Waals surface area contributed by atoms with E-state index >= 15 is 0 Å². The molecule has 2 aromatic carbocycles. The first-order valence-corrected chi connectivity index (χ1v) is 34.8. The van der Waals surface area contributed by atoms with Gasteiger partial charge in [-0.3, -0.25) is 9.78 Å². The quantitative estimate of drug-likeness (QED) is 0.0316. The maximum atomic E-state index is 13.6. The Balaban J connectivity index is 1.58. The predicted molar refractivity (Wildman–Crippen MR) is 346 cm³/mol.